The summed E-state index contributed by atoms with van der Waals surface area (Å²) in [6.07, 6.45) is 1.61. The lowest BCUT2D eigenvalue weighted by atomic mass is 9.97. The fourth-order valence-corrected chi connectivity index (χ4v) is 1.58. The molecule has 0 aromatic rings. The fourth-order valence-electron chi connectivity index (χ4n) is 1.58. The van der Waals surface area contributed by atoms with E-state index in [1.807, 2.05) is 0 Å². The summed E-state index contributed by atoms with van der Waals surface area (Å²) in [4.78, 5) is 10.4. The zero-order chi connectivity index (χ0) is 9.19. The fraction of sp³-hybridized carbons (Fsp3) is 0.875. The molecular weight excluding hydrogens is 166 g/mol. The Balaban J connectivity index is 2.71. The van der Waals surface area contributed by atoms with Gasteiger partial charge in [0.15, 0.2) is 0 Å². The van der Waals surface area contributed by atoms with Crippen LogP contribution < -0.4 is 0 Å². The van der Waals surface area contributed by atoms with Crippen LogP contribution in [0.15, 0.2) is 0 Å². The van der Waals surface area contributed by atoms with Crippen LogP contribution in [0.5, 0.6) is 0 Å². The van der Waals surface area contributed by atoms with Gasteiger partial charge >= 0.3 is 5.97 Å². The Kier molecular flexibility index (Phi) is 2.65. The molecule has 1 aliphatic rings. The number of rotatable bonds is 1. The summed E-state index contributed by atoms with van der Waals surface area (Å²) in [5.41, 5.74) is 0. The van der Waals surface area contributed by atoms with Crippen molar-refractivity contribution in [3.05, 3.63) is 0 Å². The SMILES string of the molecule is O=C(O)C1CCCCCC1(F)F. The van der Waals surface area contributed by atoms with Crippen molar-refractivity contribution in [1.29, 1.82) is 0 Å². The Morgan fingerprint density at radius 2 is 2.00 bits per heavy atom. The molecule has 70 valence electrons. The van der Waals surface area contributed by atoms with Crippen LogP contribution >= 0.6 is 0 Å². The molecule has 0 aliphatic heterocycles. The van der Waals surface area contributed by atoms with Gasteiger partial charge in [-0.25, -0.2) is 8.78 Å². The first-order valence-electron chi connectivity index (χ1n) is 4.14. The molecule has 1 fully saturated rings. The second-order valence-electron chi connectivity index (χ2n) is 3.25. The Bertz CT molecular complexity index is 180. The summed E-state index contributed by atoms with van der Waals surface area (Å²) in [6, 6.07) is 0. The van der Waals surface area contributed by atoms with Crippen molar-refractivity contribution in [2.24, 2.45) is 5.92 Å². The van der Waals surface area contributed by atoms with Crippen molar-refractivity contribution in [3.8, 4) is 0 Å². The van der Waals surface area contributed by atoms with E-state index in [0.717, 1.165) is 6.42 Å². The standard InChI is InChI=1S/C8H12F2O2/c9-8(10)5-3-1-2-4-6(8)7(11)12/h6H,1-5H2,(H,11,12). The Morgan fingerprint density at radius 3 is 2.58 bits per heavy atom. The molecule has 4 heteroatoms. The molecule has 0 heterocycles. The summed E-state index contributed by atoms with van der Waals surface area (Å²) in [6.45, 7) is 0. The number of hydrogen-bond donors (Lipinski definition) is 1. The molecule has 1 atom stereocenters. The van der Waals surface area contributed by atoms with E-state index in [4.69, 9.17) is 5.11 Å². The average Bonchev–Trinajstić information content (AvgIpc) is 2.09. The molecule has 12 heavy (non-hydrogen) atoms. The number of halogens is 2. The van der Waals surface area contributed by atoms with Crippen molar-refractivity contribution < 1.29 is 18.7 Å². The molecule has 1 saturated carbocycles. The number of hydrogen-bond acceptors (Lipinski definition) is 1. The molecule has 0 amide bonds. The van der Waals surface area contributed by atoms with Gasteiger partial charge in [-0.1, -0.05) is 12.8 Å². The largest absolute Gasteiger partial charge is 0.481 e. The van der Waals surface area contributed by atoms with Gasteiger partial charge in [0.25, 0.3) is 5.92 Å². The number of alkyl halides is 2. The third kappa shape index (κ3) is 1.93. The van der Waals surface area contributed by atoms with Gasteiger partial charge in [0.1, 0.15) is 5.92 Å². The van der Waals surface area contributed by atoms with Crippen molar-refractivity contribution in [2.75, 3.05) is 0 Å². The highest BCUT2D eigenvalue weighted by molar-refractivity contribution is 5.71. The first-order valence-corrected chi connectivity index (χ1v) is 4.14. The molecule has 0 radical (unpaired) electrons. The smallest absolute Gasteiger partial charge is 0.312 e. The van der Waals surface area contributed by atoms with Crippen LogP contribution in [0, 0.1) is 5.92 Å². The number of carboxylic acid groups (broad SMARTS) is 1. The topological polar surface area (TPSA) is 37.3 Å². The summed E-state index contributed by atoms with van der Waals surface area (Å²) >= 11 is 0. The highest BCUT2D eigenvalue weighted by Gasteiger charge is 2.44. The van der Waals surface area contributed by atoms with Crippen molar-refractivity contribution in [2.45, 2.75) is 38.0 Å². The van der Waals surface area contributed by atoms with Crippen LogP contribution in [-0.4, -0.2) is 17.0 Å². The summed E-state index contributed by atoms with van der Waals surface area (Å²) in [5, 5.41) is 8.52. The van der Waals surface area contributed by atoms with E-state index in [1.54, 1.807) is 0 Å². The van der Waals surface area contributed by atoms with Crippen LogP contribution in [-0.2, 0) is 4.79 Å². The average molecular weight is 178 g/mol. The molecule has 1 N–H and O–H groups in total. The second-order valence-corrected chi connectivity index (χ2v) is 3.25. The monoisotopic (exact) mass is 178 g/mol. The third-order valence-electron chi connectivity index (χ3n) is 2.31. The first-order chi connectivity index (χ1) is 5.54. The van der Waals surface area contributed by atoms with Crippen molar-refractivity contribution in [3.63, 3.8) is 0 Å². The van der Waals surface area contributed by atoms with Crippen LogP contribution in [0.2, 0.25) is 0 Å². The minimum atomic E-state index is -3.00. The summed E-state index contributed by atoms with van der Waals surface area (Å²) < 4.78 is 26.0. The zero-order valence-electron chi connectivity index (χ0n) is 6.72. The maximum Gasteiger partial charge on any atom is 0.312 e. The number of aliphatic carboxylic acids is 1. The minimum Gasteiger partial charge on any atom is -0.481 e. The Hall–Kier alpha value is -0.670. The lowest BCUT2D eigenvalue weighted by molar-refractivity contribution is -0.157. The van der Waals surface area contributed by atoms with Gasteiger partial charge in [0.05, 0.1) is 0 Å². The number of carboxylic acids is 1. The summed E-state index contributed by atoms with van der Waals surface area (Å²) in [5.74, 6) is -5.82. The molecule has 2 nitrogen and oxygen atoms in total. The Morgan fingerprint density at radius 1 is 1.33 bits per heavy atom. The normalized spacial score (nSPS) is 29.3. The molecular formula is C8H12F2O2. The molecule has 0 aromatic heterocycles. The Labute approximate surface area is 69.6 Å². The minimum absolute atomic E-state index is 0.113. The van der Waals surface area contributed by atoms with E-state index in [-0.39, 0.29) is 12.8 Å². The van der Waals surface area contributed by atoms with E-state index in [0.29, 0.717) is 12.8 Å². The van der Waals surface area contributed by atoms with Crippen LogP contribution in [0.25, 0.3) is 0 Å². The van der Waals surface area contributed by atoms with Gasteiger partial charge in [-0.3, -0.25) is 4.79 Å². The summed E-state index contributed by atoms with van der Waals surface area (Å²) in [7, 11) is 0. The molecule has 1 unspecified atom stereocenters. The van der Waals surface area contributed by atoms with Gasteiger partial charge in [0.2, 0.25) is 0 Å². The lowest BCUT2D eigenvalue weighted by Crippen LogP contribution is -2.33. The predicted molar refractivity (Wildman–Crippen MR) is 39.2 cm³/mol. The van der Waals surface area contributed by atoms with Gasteiger partial charge in [-0.05, 0) is 12.8 Å². The molecule has 1 aliphatic carbocycles. The van der Waals surface area contributed by atoms with E-state index >= 15 is 0 Å². The highest BCUT2D eigenvalue weighted by atomic mass is 19.3. The van der Waals surface area contributed by atoms with E-state index in [2.05, 4.69) is 0 Å². The zero-order valence-corrected chi connectivity index (χ0v) is 6.72. The van der Waals surface area contributed by atoms with Gasteiger partial charge in [0, 0.05) is 6.42 Å². The highest BCUT2D eigenvalue weighted by Crippen LogP contribution is 2.37. The van der Waals surface area contributed by atoms with Crippen molar-refractivity contribution >= 4 is 5.97 Å². The molecule has 0 spiro atoms. The van der Waals surface area contributed by atoms with E-state index in [1.165, 1.54) is 0 Å². The van der Waals surface area contributed by atoms with E-state index in [9.17, 15) is 13.6 Å². The van der Waals surface area contributed by atoms with Crippen molar-refractivity contribution in [1.82, 2.24) is 0 Å². The van der Waals surface area contributed by atoms with Crippen LogP contribution in [0.3, 0.4) is 0 Å². The van der Waals surface area contributed by atoms with Gasteiger partial charge in [-0.15, -0.1) is 0 Å². The maximum absolute atomic E-state index is 13.0. The van der Waals surface area contributed by atoms with Gasteiger partial charge < -0.3 is 5.11 Å². The number of carbonyl (C=O) groups is 1. The van der Waals surface area contributed by atoms with Gasteiger partial charge in [-0.2, -0.15) is 0 Å². The molecule has 1 rings (SSSR count). The quantitative estimate of drug-likeness (QED) is 0.625. The van der Waals surface area contributed by atoms with Crippen LogP contribution in [0.1, 0.15) is 32.1 Å². The lowest BCUT2D eigenvalue weighted by Gasteiger charge is -2.20. The van der Waals surface area contributed by atoms with Crippen LogP contribution in [0.4, 0.5) is 8.78 Å². The molecule has 0 aromatic carbocycles. The first kappa shape index (κ1) is 9.42. The second kappa shape index (κ2) is 3.37. The third-order valence-corrected chi connectivity index (χ3v) is 2.31. The molecule has 0 bridgehead atoms. The predicted octanol–water partition coefficient (Wildman–Crippen LogP) is 2.29. The van der Waals surface area contributed by atoms with E-state index < -0.39 is 17.8 Å². The molecule has 0 saturated heterocycles. The maximum atomic E-state index is 13.0.